The summed E-state index contributed by atoms with van der Waals surface area (Å²) >= 11 is 0. The van der Waals surface area contributed by atoms with Crippen molar-refractivity contribution in [3.63, 3.8) is 0 Å². The molecule has 3 N–H and O–H groups in total. The Morgan fingerprint density at radius 3 is 2.86 bits per heavy atom. The standard InChI is InChI=1S/C23H30N6/c1-17-7-9-18(10-8-17)21(24-2)22(29-14-3-4-15-29)20-11-13-26-23(28-20)27-19-6-5-12-25-16-19/h3,7-11,13-14,19,23,25,27-28H,2,4-6,12,15-16H2,1H3/b22-21-. The van der Waals surface area contributed by atoms with Crippen LogP contribution < -0.4 is 16.0 Å². The summed E-state index contributed by atoms with van der Waals surface area (Å²) in [6.07, 6.45) is 11.5. The quantitative estimate of drug-likeness (QED) is 0.654. The summed E-state index contributed by atoms with van der Waals surface area (Å²) in [5.74, 6) is 0. The summed E-state index contributed by atoms with van der Waals surface area (Å²) in [6, 6.07) is 8.87. The van der Waals surface area contributed by atoms with Crippen LogP contribution in [0.5, 0.6) is 0 Å². The zero-order valence-corrected chi connectivity index (χ0v) is 17.1. The second-order valence-corrected chi connectivity index (χ2v) is 7.72. The zero-order valence-electron chi connectivity index (χ0n) is 17.1. The third-order valence-corrected chi connectivity index (χ3v) is 5.53. The molecule has 0 aromatic heterocycles. The Kier molecular flexibility index (Phi) is 6.22. The molecule has 6 heteroatoms. The minimum absolute atomic E-state index is 0.148. The number of nitrogens with one attached hydrogen (secondary N) is 3. The Labute approximate surface area is 173 Å². The van der Waals surface area contributed by atoms with E-state index in [-0.39, 0.29) is 6.29 Å². The van der Waals surface area contributed by atoms with Gasteiger partial charge in [0.2, 0.25) is 0 Å². The number of benzene rings is 1. The molecular formula is C23H30N6. The van der Waals surface area contributed by atoms with E-state index in [1.807, 2.05) is 12.3 Å². The molecule has 4 rings (SSSR count). The van der Waals surface area contributed by atoms with Crippen LogP contribution in [0.4, 0.5) is 0 Å². The van der Waals surface area contributed by atoms with E-state index >= 15 is 0 Å². The Hall–Kier alpha value is -2.70. The third-order valence-electron chi connectivity index (χ3n) is 5.53. The number of aliphatic imine (C=N–C) groups is 2. The predicted molar refractivity (Wildman–Crippen MR) is 121 cm³/mol. The lowest BCUT2D eigenvalue weighted by Gasteiger charge is -2.32. The van der Waals surface area contributed by atoms with E-state index in [0.29, 0.717) is 6.04 Å². The number of aryl methyl sites for hydroxylation is 1. The highest BCUT2D eigenvalue weighted by atomic mass is 15.3. The molecule has 0 bridgehead atoms. The molecule has 0 radical (unpaired) electrons. The minimum Gasteiger partial charge on any atom is -0.350 e. The summed E-state index contributed by atoms with van der Waals surface area (Å²) in [6.45, 7) is 8.99. The number of rotatable bonds is 6. The topological polar surface area (TPSA) is 64.0 Å². The van der Waals surface area contributed by atoms with Crippen LogP contribution >= 0.6 is 0 Å². The summed E-state index contributed by atoms with van der Waals surface area (Å²) in [5.41, 5.74) is 5.22. The molecule has 0 amide bonds. The first-order valence-electron chi connectivity index (χ1n) is 10.4. The normalized spacial score (nSPS) is 24.7. The van der Waals surface area contributed by atoms with E-state index < -0.39 is 0 Å². The zero-order chi connectivity index (χ0) is 20.1. The van der Waals surface area contributed by atoms with Gasteiger partial charge in [-0.15, -0.1) is 0 Å². The lowest BCUT2D eigenvalue weighted by atomic mass is 10.1. The fraction of sp³-hybridized carbons (Fsp3) is 0.391. The van der Waals surface area contributed by atoms with E-state index in [1.54, 1.807) is 0 Å². The first kappa shape index (κ1) is 19.6. The van der Waals surface area contributed by atoms with Crippen LogP contribution in [-0.4, -0.2) is 49.8 Å². The van der Waals surface area contributed by atoms with Crippen molar-refractivity contribution in [1.29, 1.82) is 0 Å². The van der Waals surface area contributed by atoms with Gasteiger partial charge in [-0.3, -0.25) is 15.3 Å². The number of nitrogens with zero attached hydrogens (tertiary/aromatic N) is 3. The molecule has 6 nitrogen and oxygen atoms in total. The molecule has 3 heterocycles. The number of hydrogen-bond acceptors (Lipinski definition) is 6. The van der Waals surface area contributed by atoms with E-state index in [2.05, 4.69) is 81.0 Å². The maximum atomic E-state index is 4.60. The molecule has 2 unspecified atom stereocenters. The molecule has 1 saturated heterocycles. The van der Waals surface area contributed by atoms with Crippen molar-refractivity contribution >= 4 is 18.6 Å². The summed E-state index contributed by atoms with van der Waals surface area (Å²) in [7, 11) is 0. The van der Waals surface area contributed by atoms with Gasteiger partial charge in [0.15, 0.2) is 6.29 Å². The van der Waals surface area contributed by atoms with Crippen LogP contribution in [0.3, 0.4) is 0 Å². The van der Waals surface area contributed by atoms with Gasteiger partial charge >= 0.3 is 0 Å². The van der Waals surface area contributed by atoms with Crippen LogP contribution in [0, 0.1) is 6.92 Å². The maximum absolute atomic E-state index is 4.60. The Bertz CT molecular complexity index is 843. The third kappa shape index (κ3) is 4.66. The summed E-state index contributed by atoms with van der Waals surface area (Å²) < 4.78 is 0. The fourth-order valence-corrected chi connectivity index (χ4v) is 3.99. The molecule has 2 atom stereocenters. The molecular weight excluding hydrogens is 360 g/mol. The van der Waals surface area contributed by atoms with E-state index in [0.717, 1.165) is 48.7 Å². The van der Waals surface area contributed by atoms with Crippen LogP contribution in [0.15, 0.2) is 64.0 Å². The smallest absolute Gasteiger partial charge is 0.174 e. The first-order valence-corrected chi connectivity index (χ1v) is 10.4. The van der Waals surface area contributed by atoms with E-state index in [9.17, 15) is 0 Å². The fourth-order valence-electron chi connectivity index (χ4n) is 3.99. The predicted octanol–water partition coefficient (Wildman–Crippen LogP) is 2.77. The maximum Gasteiger partial charge on any atom is 0.174 e. The largest absolute Gasteiger partial charge is 0.350 e. The molecule has 0 saturated carbocycles. The van der Waals surface area contributed by atoms with Crippen molar-refractivity contribution in [2.75, 3.05) is 19.6 Å². The second kappa shape index (κ2) is 9.20. The monoisotopic (exact) mass is 390 g/mol. The molecule has 29 heavy (non-hydrogen) atoms. The van der Waals surface area contributed by atoms with Crippen molar-refractivity contribution in [2.45, 2.75) is 38.5 Å². The minimum atomic E-state index is -0.148. The highest BCUT2D eigenvalue weighted by Gasteiger charge is 2.25. The van der Waals surface area contributed by atoms with Crippen molar-refractivity contribution in [1.82, 2.24) is 20.9 Å². The summed E-state index contributed by atoms with van der Waals surface area (Å²) in [4.78, 5) is 11.3. The number of piperidine rings is 1. The van der Waals surface area contributed by atoms with Crippen LogP contribution in [-0.2, 0) is 0 Å². The molecule has 0 spiro atoms. The van der Waals surface area contributed by atoms with Crippen LogP contribution in [0.25, 0.3) is 5.70 Å². The van der Waals surface area contributed by atoms with Crippen LogP contribution in [0.1, 0.15) is 30.4 Å². The van der Waals surface area contributed by atoms with Crippen LogP contribution in [0.2, 0.25) is 0 Å². The number of hydrogen-bond donors (Lipinski definition) is 3. The van der Waals surface area contributed by atoms with Gasteiger partial charge in [-0.05, 0) is 45.5 Å². The Balaban J connectivity index is 1.63. The highest BCUT2D eigenvalue weighted by Crippen LogP contribution is 2.30. The lowest BCUT2D eigenvalue weighted by Crippen LogP contribution is -2.52. The van der Waals surface area contributed by atoms with Gasteiger partial charge in [0.05, 0.1) is 17.1 Å². The lowest BCUT2D eigenvalue weighted by molar-refractivity contribution is 0.333. The van der Waals surface area contributed by atoms with Gasteiger partial charge in [0.1, 0.15) is 0 Å². The van der Waals surface area contributed by atoms with Gasteiger partial charge in [0, 0.05) is 37.1 Å². The Morgan fingerprint density at radius 2 is 2.17 bits per heavy atom. The highest BCUT2D eigenvalue weighted by molar-refractivity contribution is 5.80. The van der Waals surface area contributed by atoms with Gasteiger partial charge in [0.25, 0.3) is 0 Å². The van der Waals surface area contributed by atoms with Crippen molar-refractivity contribution < 1.29 is 0 Å². The van der Waals surface area contributed by atoms with Gasteiger partial charge in [-0.25, -0.2) is 0 Å². The average molecular weight is 391 g/mol. The molecule has 152 valence electrons. The molecule has 1 aromatic rings. The number of allylic oxidation sites excluding steroid dienone is 1. The van der Waals surface area contributed by atoms with E-state index in [4.69, 9.17) is 0 Å². The molecule has 0 aliphatic carbocycles. The van der Waals surface area contributed by atoms with Gasteiger partial charge in [-0.2, -0.15) is 0 Å². The second-order valence-electron chi connectivity index (χ2n) is 7.72. The Morgan fingerprint density at radius 1 is 1.31 bits per heavy atom. The van der Waals surface area contributed by atoms with E-state index in [1.165, 1.54) is 18.4 Å². The van der Waals surface area contributed by atoms with Crippen molar-refractivity contribution in [3.8, 4) is 0 Å². The SMILES string of the molecule is C=N/C(=C(/C1=CC=NC(NC2CCCNC2)N1)N1C=CCC1)c1ccc(C)cc1. The van der Waals surface area contributed by atoms with Gasteiger partial charge < -0.3 is 15.5 Å². The van der Waals surface area contributed by atoms with Crippen molar-refractivity contribution in [3.05, 3.63) is 65.1 Å². The van der Waals surface area contributed by atoms with Crippen molar-refractivity contribution in [2.24, 2.45) is 9.98 Å². The molecule has 1 aromatic carbocycles. The molecule has 1 fully saturated rings. The molecule has 3 aliphatic heterocycles. The van der Waals surface area contributed by atoms with Gasteiger partial charge in [-0.1, -0.05) is 35.9 Å². The molecule has 3 aliphatic rings. The first-order chi connectivity index (χ1) is 14.2. The summed E-state index contributed by atoms with van der Waals surface area (Å²) in [5, 5.41) is 10.6. The average Bonchev–Trinajstić information content (AvgIpc) is 3.28.